The molecule has 0 fully saturated rings. The van der Waals surface area contributed by atoms with Crippen molar-refractivity contribution < 1.29 is 9.53 Å². The van der Waals surface area contributed by atoms with Crippen molar-refractivity contribution >= 4 is 44.8 Å². The number of halogens is 2. The number of hydrogen-bond acceptors (Lipinski definition) is 3. The quantitative estimate of drug-likeness (QED) is 0.780. The molecule has 21 heavy (non-hydrogen) atoms. The van der Waals surface area contributed by atoms with Gasteiger partial charge in [0.15, 0.2) is 0 Å². The molecule has 0 atom stereocenters. The molecule has 0 radical (unpaired) electrons. The van der Waals surface area contributed by atoms with E-state index in [1.807, 2.05) is 12.1 Å². The predicted octanol–water partition coefficient (Wildman–Crippen LogP) is 4.09. The largest absolute Gasteiger partial charge is 0.491 e. The molecule has 0 spiro atoms. The molecule has 0 aliphatic heterocycles. The first-order chi connectivity index (χ1) is 10.1. The number of nitrogen functional groups attached to an aromatic ring is 1. The summed E-state index contributed by atoms with van der Waals surface area (Å²) in [4.78, 5) is 11.8. The molecular weight excluding hydrogens is 356 g/mol. The number of hydrogen-bond donors (Lipinski definition) is 2. The zero-order valence-corrected chi connectivity index (χ0v) is 13.4. The van der Waals surface area contributed by atoms with Crippen molar-refractivity contribution in [2.45, 2.75) is 6.42 Å². The summed E-state index contributed by atoms with van der Waals surface area (Å²) in [5.41, 5.74) is 6.98. The summed E-state index contributed by atoms with van der Waals surface area (Å²) < 4.78 is 6.20. The topological polar surface area (TPSA) is 64.3 Å². The average Bonchev–Trinajstić information content (AvgIpc) is 2.45. The molecule has 2 rings (SSSR count). The van der Waals surface area contributed by atoms with Gasteiger partial charge in [-0.05, 0) is 46.3 Å². The van der Waals surface area contributed by atoms with Crippen LogP contribution < -0.4 is 15.8 Å². The van der Waals surface area contributed by atoms with Gasteiger partial charge in [0, 0.05) is 10.2 Å². The van der Waals surface area contributed by atoms with Crippen LogP contribution >= 0.6 is 27.5 Å². The molecule has 0 heterocycles. The molecule has 0 bridgehead atoms. The number of nitrogens with two attached hydrogens (primary N) is 1. The maximum absolute atomic E-state index is 11.8. The Morgan fingerprint density at radius 2 is 2.05 bits per heavy atom. The van der Waals surface area contributed by atoms with Crippen LogP contribution in [0.15, 0.2) is 46.9 Å². The normalized spacial score (nSPS) is 10.2. The van der Waals surface area contributed by atoms with Gasteiger partial charge in [-0.3, -0.25) is 4.79 Å². The van der Waals surface area contributed by atoms with E-state index in [1.54, 1.807) is 30.3 Å². The predicted molar refractivity (Wildman–Crippen MR) is 88.7 cm³/mol. The lowest BCUT2D eigenvalue weighted by atomic mass is 10.3. The number of ether oxygens (including phenoxy) is 1. The molecule has 0 unspecified atom stereocenters. The highest BCUT2D eigenvalue weighted by Crippen LogP contribution is 2.25. The molecule has 110 valence electrons. The average molecular weight is 370 g/mol. The Morgan fingerprint density at radius 1 is 1.29 bits per heavy atom. The van der Waals surface area contributed by atoms with Crippen molar-refractivity contribution in [2.24, 2.45) is 0 Å². The number of nitrogens with one attached hydrogen (secondary N) is 1. The Morgan fingerprint density at radius 3 is 2.76 bits per heavy atom. The van der Waals surface area contributed by atoms with Crippen LogP contribution in [0.1, 0.15) is 6.42 Å². The summed E-state index contributed by atoms with van der Waals surface area (Å²) in [6.45, 7) is 0.259. The van der Waals surface area contributed by atoms with E-state index in [-0.39, 0.29) is 18.9 Å². The Labute approximate surface area is 136 Å². The Balaban J connectivity index is 1.82. The van der Waals surface area contributed by atoms with E-state index < -0.39 is 0 Å². The lowest BCUT2D eigenvalue weighted by Gasteiger charge is -2.09. The number of rotatable bonds is 5. The molecule has 0 saturated heterocycles. The van der Waals surface area contributed by atoms with E-state index in [1.165, 1.54) is 0 Å². The Hall–Kier alpha value is -1.72. The zero-order valence-electron chi connectivity index (χ0n) is 11.1. The minimum atomic E-state index is -0.140. The number of amides is 1. The highest BCUT2D eigenvalue weighted by atomic mass is 79.9. The third kappa shape index (κ3) is 4.65. The lowest BCUT2D eigenvalue weighted by Crippen LogP contribution is -2.15. The molecule has 6 heteroatoms. The van der Waals surface area contributed by atoms with Crippen LogP contribution in [0.3, 0.4) is 0 Å². The van der Waals surface area contributed by atoms with Gasteiger partial charge in [0.25, 0.3) is 0 Å². The molecule has 0 aromatic heterocycles. The third-order valence-corrected chi connectivity index (χ3v) is 3.92. The third-order valence-electron chi connectivity index (χ3n) is 2.71. The van der Waals surface area contributed by atoms with Gasteiger partial charge in [0.2, 0.25) is 5.91 Å². The van der Waals surface area contributed by atoms with E-state index in [4.69, 9.17) is 22.1 Å². The van der Waals surface area contributed by atoms with Gasteiger partial charge >= 0.3 is 0 Å². The van der Waals surface area contributed by atoms with Gasteiger partial charge < -0.3 is 15.8 Å². The van der Waals surface area contributed by atoms with Crippen molar-refractivity contribution in [3.8, 4) is 5.75 Å². The molecule has 0 aliphatic rings. The van der Waals surface area contributed by atoms with Crippen LogP contribution in [0.25, 0.3) is 0 Å². The fourth-order valence-corrected chi connectivity index (χ4v) is 2.16. The van der Waals surface area contributed by atoms with Gasteiger partial charge in [-0.15, -0.1) is 0 Å². The first-order valence-electron chi connectivity index (χ1n) is 6.28. The van der Waals surface area contributed by atoms with Crippen LogP contribution in [0.4, 0.5) is 11.4 Å². The number of carbonyl (C=O) groups excluding carboxylic acids is 1. The summed E-state index contributed by atoms with van der Waals surface area (Å²) in [7, 11) is 0. The molecular formula is C15H14BrClN2O2. The first kappa shape index (κ1) is 15.7. The number of anilines is 2. The standard InChI is InChI=1S/C15H14BrClN2O2/c16-11-9-10(5-6-12(11)17)19-15(20)7-8-21-14-4-2-1-3-13(14)18/h1-6,9H,7-8,18H2,(H,19,20). The van der Waals surface area contributed by atoms with E-state index >= 15 is 0 Å². The lowest BCUT2D eigenvalue weighted by molar-refractivity contribution is -0.116. The maximum Gasteiger partial charge on any atom is 0.227 e. The summed E-state index contributed by atoms with van der Waals surface area (Å²) >= 11 is 9.20. The van der Waals surface area contributed by atoms with E-state index in [2.05, 4.69) is 21.2 Å². The Bertz CT molecular complexity index is 649. The van der Waals surface area contributed by atoms with Gasteiger partial charge in [-0.2, -0.15) is 0 Å². The van der Waals surface area contributed by atoms with Crippen LogP contribution in [0, 0.1) is 0 Å². The van der Waals surface area contributed by atoms with E-state index in [0.717, 1.165) is 4.47 Å². The first-order valence-corrected chi connectivity index (χ1v) is 7.45. The fraction of sp³-hybridized carbons (Fsp3) is 0.133. The zero-order chi connectivity index (χ0) is 15.2. The van der Waals surface area contributed by atoms with Crippen LogP contribution in [-0.4, -0.2) is 12.5 Å². The second-order valence-corrected chi connectivity index (χ2v) is 5.57. The van der Waals surface area contributed by atoms with Gasteiger partial charge in [0.05, 0.1) is 23.7 Å². The van der Waals surface area contributed by atoms with E-state index in [9.17, 15) is 4.79 Å². The SMILES string of the molecule is Nc1ccccc1OCCC(=O)Nc1ccc(Cl)c(Br)c1. The van der Waals surface area contributed by atoms with Crippen molar-refractivity contribution in [3.63, 3.8) is 0 Å². The minimum Gasteiger partial charge on any atom is -0.491 e. The fourth-order valence-electron chi connectivity index (χ4n) is 1.66. The van der Waals surface area contributed by atoms with Gasteiger partial charge in [-0.1, -0.05) is 23.7 Å². The summed E-state index contributed by atoms with van der Waals surface area (Å²) in [6.07, 6.45) is 0.231. The molecule has 4 nitrogen and oxygen atoms in total. The highest BCUT2D eigenvalue weighted by Gasteiger charge is 2.06. The molecule has 1 amide bonds. The monoisotopic (exact) mass is 368 g/mol. The molecule has 2 aromatic carbocycles. The second kappa shape index (κ2) is 7.33. The van der Waals surface area contributed by atoms with Crippen molar-refractivity contribution in [1.82, 2.24) is 0 Å². The molecule has 0 aliphatic carbocycles. The molecule has 2 aromatic rings. The summed E-state index contributed by atoms with van der Waals surface area (Å²) in [5, 5.41) is 3.37. The van der Waals surface area contributed by atoms with Crippen LogP contribution in [0.5, 0.6) is 5.75 Å². The van der Waals surface area contributed by atoms with Crippen molar-refractivity contribution in [2.75, 3.05) is 17.7 Å². The molecule has 0 saturated carbocycles. The molecule has 3 N–H and O–H groups in total. The maximum atomic E-state index is 11.8. The van der Waals surface area contributed by atoms with E-state index in [0.29, 0.717) is 22.1 Å². The smallest absolute Gasteiger partial charge is 0.227 e. The van der Waals surface area contributed by atoms with Crippen molar-refractivity contribution in [3.05, 3.63) is 52.0 Å². The van der Waals surface area contributed by atoms with Gasteiger partial charge in [-0.25, -0.2) is 0 Å². The summed E-state index contributed by atoms with van der Waals surface area (Å²) in [6, 6.07) is 12.4. The highest BCUT2D eigenvalue weighted by molar-refractivity contribution is 9.10. The van der Waals surface area contributed by atoms with Gasteiger partial charge in [0.1, 0.15) is 5.75 Å². The van der Waals surface area contributed by atoms with Crippen LogP contribution in [-0.2, 0) is 4.79 Å². The number of carbonyl (C=O) groups is 1. The summed E-state index contributed by atoms with van der Waals surface area (Å²) in [5.74, 6) is 0.443. The van der Waals surface area contributed by atoms with Crippen molar-refractivity contribution in [1.29, 1.82) is 0 Å². The number of benzene rings is 2. The van der Waals surface area contributed by atoms with Crippen LogP contribution in [0.2, 0.25) is 5.02 Å². The Kier molecular flexibility index (Phi) is 5.47. The second-order valence-electron chi connectivity index (χ2n) is 4.31. The minimum absolute atomic E-state index is 0.140. The number of para-hydroxylation sites is 2.